The maximum Gasteiger partial charge on any atom is 0.122 e. The van der Waals surface area contributed by atoms with E-state index in [1.165, 1.54) is 12.0 Å². The first-order valence-electron chi connectivity index (χ1n) is 6.21. The van der Waals surface area contributed by atoms with Gasteiger partial charge in [0, 0.05) is 22.5 Å². The molecule has 2 N–H and O–H groups in total. The number of halogens is 1. The van der Waals surface area contributed by atoms with Crippen LogP contribution in [0.4, 0.5) is 0 Å². The van der Waals surface area contributed by atoms with Gasteiger partial charge in [-0.2, -0.15) is 0 Å². The molecule has 3 heteroatoms. The maximum atomic E-state index is 6.25. The molecule has 0 amide bonds. The van der Waals surface area contributed by atoms with E-state index in [1.807, 2.05) is 18.2 Å². The molecule has 0 radical (unpaired) electrons. The minimum Gasteiger partial charge on any atom is -0.496 e. The second-order valence-corrected chi connectivity index (χ2v) is 5.51. The van der Waals surface area contributed by atoms with Crippen molar-refractivity contribution in [3.05, 3.63) is 28.8 Å². The Morgan fingerprint density at radius 3 is 2.82 bits per heavy atom. The van der Waals surface area contributed by atoms with Crippen molar-refractivity contribution >= 4 is 11.6 Å². The fraction of sp³-hybridized carbons (Fsp3) is 0.571. The fourth-order valence-corrected chi connectivity index (χ4v) is 2.94. The van der Waals surface area contributed by atoms with Gasteiger partial charge in [-0.15, -0.1) is 0 Å². The third-order valence-electron chi connectivity index (χ3n) is 3.76. The zero-order valence-corrected chi connectivity index (χ0v) is 11.2. The molecule has 1 aromatic carbocycles. The van der Waals surface area contributed by atoms with Crippen LogP contribution in [0.3, 0.4) is 0 Å². The van der Waals surface area contributed by atoms with E-state index in [1.54, 1.807) is 7.11 Å². The molecule has 0 bridgehead atoms. The molecule has 0 aromatic heterocycles. The number of methoxy groups -OCH3 is 1. The van der Waals surface area contributed by atoms with E-state index in [9.17, 15) is 0 Å². The van der Waals surface area contributed by atoms with Gasteiger partial charge in [-0.05, 0) is 43.4 Å². The van der Waals surface area contributed by atoms with Crippen molar-refractivity contribution in [1.29, 1.82) is 0 Å². The van der Waals surface area contributed by atoms with Gasteiger partial charge in [0.1, 0.15) is 5.75 Å². The lowest BCUT2D eigenvalue weighted by atomic mass is 9.75. The van der Waals surface area contributed by atoms with Gasteiger partial charge in [-0.1, -0.05) is 18.5 Å². The maximum absolute atomic E-state index is 6.25. The first-order valence-corrected chi connectivity index (χ1v) is 6.58. The molecule has 0 aliphatic heterocycles. The highest BCUT2D eigenvalue weighted by Gasteiger charge is 2.29. The average Bonchev–Trinajstić information content (AvgIpc) is 2.32. The van der Waals surface area contributed by atoms with Crippen LogP contribution in [0, 0.1) is 5.92 Å². The predicted molar refractivity (Wildman–Crippen MR) is 71.7 cm³/mol. The lowest BCUT2D eigenvalue weighted by Gasteiger charge is -2.33. The van der Waals surface area contributed by atoms with Crippen LogP contribution >= 0.6 is 11.6 Å². The number of ether oxygens (including phenoxy) is 1. The number of benzene rings is 1. The van der Waals surface area contributed by atoms with E-state index in [-0.39, 0.29) is 6.04 Å². The van der Waals surface area contributed by atoms with Crippen molar-refractivity contribution in [1.82, 2.24) is 0 Å². The van der Waals surface area contributed by atoms with Crippen LogP contribution in [0.5, 0.6) is 5.75 Å². The summed E-state index contributed by atoms with van der Waals surface area (Å²) in [4.78, 5) is 0. The van der Waals surface area contributed by atoms with Crippen molar-refractivity contribution in [2.24, 2.45) is 11.7 Å². The van der Waals surface area contributed by atoms with Crippen LogP contribution in [0.25, 0.3) is 0 Å². The topological polar surface area (TPSA) is 35.2 Å². The Bertz CT molecular complexity index is 394. The highest BCUT2D eigenvalue weighted by molar-refractivity contribution is 6.30. The van der Waals surface area contributed by atoms with Crippen molar-refractivity contribution in [3.63, 3.8) is 0 Å². The number of hydrogen-bond donors (Lipinski definition) is 1. The summed E-state index contributed by atoms with van der Waals surface area (Å²) in [5.41, 5.74) is 7.41. The molecule has 0 spiro atoms. The largest absolute Gasteiger partial charge is 0.496 e. The summed E-state index contributed by atoms with van der Waals surface area (Å²) < 4.78 is 5.42. The Balaban J connectivity index is 2.33. The van der Waals surface area contributed by atoms with Gasteiger partial charge < -0.3 is 10.5 Å². The van der Waals surface area contributed by atoms with E-state index < -0.39 is 0 Å². The van der Waals surface area contributed by atoms with Crippen LogP contribution in [-0.4, -0.2) is 13.2 Å². The average molecular weight is 254 g/mol. The number of hydrogen-bond acceptors (Lipinski definition) is 2. The van der Waals surface area contributed by atoms with E-state index in [0.29, 0.717) is 5.92 Å². The summed E-state index contributed by atoms with van der Waals surface area (Å²) in [6.07, 6.45) is 3.43. The predicted octanol–water partition coefficient (Wildman–Crippen LogP) is 3.58. The molecule has 1 saturated carbocycles. The van der Waals surface area contributed by atoms with Gasteiger partial charge in [0.15, 0.2) is 0 Å². The quantitative estimate of drug-likeness (QED) is 0.874. The SMILES string of the molecule is COc1ccc(Cl)cc1C1CC(C)CCC1N. The molecular weight excluding hydrogens is 234 g/mol. The summed E-state index contributed by atoms with van der Waals surface area (Å²) in [6.45, 7) is 2.29. The third-order valence-corrected chi connectivity index (χ3v) is 3.99. The van der Waals surface area contributed by atoms with Gasteiger partial charge in [0.2, 0.25) is 0 Å². The van der Waals surface area contributed by atoms with Crippen LogP contribution in [0.2, 0.25) is 5.02 Å². The summed E-state index contributed by atoms with van der Waals surface area (Å²) in [5.74, 6) is 2.00. The normalized spacial score (nSPS) is 29.1. The van der Waals surface area contributed by atoms with E-state index in [2.05, 4.69) is 6.92 Å². The molecule has 0 saturated heterocycles. The standard InChI is InChI=1S/C14H20ClNO/c1-9-3-5-13(16)11(7-9)12-8-10(15)4-6-14(12)17-2/h4,6,8-9,11,13H,3,5,7,16H2,1-2H3. The molecule has 1 aromatic rings. The van der Waals surface area contributed by atoms with E-state index >= 15 is 0 Å². The van der Waals surface area contributed by atoms with Crippen LogP contribution in [0.1, 0.15) is 37.7 Å². The Kier molecular flexibility index (Phi) is 3.95. The fourth-order valence-electron chi connectivity index (χ4n) is 2.76. The monoisotopic (exact) mass is 253 g/mol. The molecule has 2 rings (SSSR count). The Morgan fingerprint density at radius 2 is 2.12 bits per heavy atom. The number of nitrogens with two attached hydrogens (primary N) is 1. The molecule has 3 unspecified atom stereocenters. The lowest BCUT2D eigenvalue weighted by Crippen LogP contribution is -2.34. The summed E-state index contributed by atoms with van der Waals surface area (Å²) >= 11 is 6.08. The van der Waals surface area contributed by atoms with E-state index in [4.69, 9.17) is 22.1 Å². The zero-order chi connectivity index (χ0) is 12.4. The van der Waals surface area contributed by atoms with Crippen molar-refractivity contribution in [2.75, 3.05) is 7.11 Å². The first kappa shape index (κ1) is 12.7. The Morgan fingerprint density at radius 1 is 1.35 bits per heavy atom. The summed E-state index contributed by atoms with van der Waals surface area (Å²) in [7, 11) is 1.70. The van der Waals surface area contributed by atoms with Crippen LogP contribution in [-0.2, 0) is 0 Å². The first-order chi connectivity index (χ1) is 8.11. The molecule has 17 heavy (non-hydrogen) atoms. The van der Waals surface area contributed by atoms with E-state index in [0.717, 1.165) is 29.5 Å². The molecule has 3 atom stereocenters. The second kappa shape index (κ2) is 5.28. The highest BCUT2D eigenvalue weighted by atomic mass is 35.5. The minimum atomic E-state index is 0.221. The van der Waals surface area contributed by atoms with Crippen molar-refractivity contribution in [3.8, 4) is 5.75 Å². The molecule has 1 fully saturated rings. The van der Waals surface area contributed by atoms with Gasteiger partial charge in [-0.25, -0.2) is 0 Å². The van der Waals surface area contributed by atoms with Crippen molar-refractivity contribution < 1.29 is 4.74 Å². The third kappa shape index (κ3) is 2.75. The molecule has 0 heterocycles. The molecule has 94 valence electrons. The summed E-state index contributed by atoms with van der Waals surface area (Å²) in [6, 6.07) is 6.02. The Labute approximate surface area is 108 Å². The van der Waals surface area contributed by atoms with Crippen LogP contribution < -0.4 is 10.5 Å². The van der Waals surface area contributed by atoms with Gasteiger partial charge in [0.25, 0.3) is 0 Å². The van der Waals surface area contributed by atoms with Crippen molar-refractivity contribution in [2.45, 2.75) is 38.1 Å². The molecule has 1 aliphatic rings. The lowest BCUT2D eigenvalue weighted by molar-refractivity contribution is 0.298. The highest BCUT2D eigenvalue weighted by Crippen LogP contribution is 2.40. The molecular formula is C14H20ClNO. The second-order valence-electron chi connectivity index (χ2n) is 5.07. The smallest absolute Gasteiger partial charge is 0.122 e. The Hall–Kier alpha value is -0.730. The summed E-state index contributed by atoms with van der Waals surface area (Å²) in [5, 5.41) is 0.756. The minimum absolute atomic E-state index is 0.221. The zero-order valence-electron chi connectivity index (χ0n) is 10.4. The van der Waals surface area contributed by atoms with Gasteiger partial charge in [0.05, 0.1) is 7.11 Å². The van der Waals surface area contributed by atoms with Gasteiger partial charge >= 0.3 is 0 Å². The van der Waals surface area contributed by atoms with Crippen LogP contribution in [0.15, 0.2) is 18.2 Å². The molecule has 2 nitrogen and oxygen atoms in total. The van der Waals surface area contributed by atoms with Gasteiger partial charge in [-0.3, -0.25) is 0 Å². The molecule has 1 aliphatic carbocycles. The number of rotatable bonds is 2.